The fraction of sp³-hybridized carbons (Fsp3) is 0.417. The van der Waals surface area contributed by atoms with Gasteiger partial charge in [-0.05, 0) is 37.6 Å². The van der Waals surface area contributed by atoms with Crippen molar-refractivity contribution in [1.29, 1.82) is 0 Å². The monoisotopic (exact) mass is 269 g/mol. The molecule has 5 heteroatoms. The van der Waals surface area contributed by atoms with Crippen molar-refractivity contribution in [2.75, 3.05) is 13.1 Å². The molecule has 1 fully saturated rings. The predicted octanol–water partition coefficient (Wildman–Crippen LogP) is 3.47. The second-order valence-electron chi connectivity index (χ2n) is 4.42. The summed E-state index contributed by atoms with van der Waals surface area (Å²) < 4.78 is 0. The summed E-state index contributed by atoms with van der Waals surface area (Å²) in [5, 5.41) is 2.05. The van der Waals surface area contributed by atoms with E-state index in [4.69, 9.17) is 23.2 Å². The quantitative estimate of drug-likeness (QED) is 0.847. The van der Waals surface area contributed by atoms with E-state index in [2.05, 4.69) is 14.9 Å². The van der Waals surface area contributed by atoms with Crippen LogP contribution in [0.2, 0.25) is 10.2 Å². The van der Waals surface area contributed by atoms with E-state index in [9.17, 15) is 0 Å². The van der Waals surface area contributed by atoms with Gasteiger partial charge in [0.15, 0.2) is 0 Å². The molecule has 17 heavy (non-hydrogen) atoms. The lowest BCUT2D eigenvalue weighted by atomic mass is 10.2. The first-order chi connectivity index (χ1) is 8.25. The van der Waals surface area contributed by atoms with Crippen LogP contribution < -0.4 is 0 Å². The molecule has 3 nitrogen and oxygen atoms in total. The van der Waals surface area contributed by atoms with E-state index < -0.39 is 0 Å². The lowest BCUT2D eigenvalue weighted by molar-refractivity contribution is 0.332. The molecule has 2 aromatic rings. The Morgan fingerprint density at radius 1 is 1.29 bits per heavy atom. The number of halogens is 2. The van der Waals surface area contributed by atoms with E-state index in [-0.39, 0.29) is 0 Å². The zero-order valence-electron chi connectivity index (χ0n) is 9.34. The van der Waals surface area contributed by atoms with E-state index in [1.54, 1.807) is 0 Å². The lowest BCUT2D eigenvalue weighted by Crippen LogP contribution is -2.18. The molecular weight excluding hydrogens is 257 g/mol. The number of pyridine rings is 1. The molecule has 0 radical (unpaired) electrons. The molecule has 2 aromatic heterocycles. The van der Waals surface area contributed by atoms with Crippen molar-refractivity contribution in [2.24, 2.45) is 0 Å². The summed E-state index contributed by atoms with van der Waals surface area (Å²) >= 11 is 12.3. The van der Waals surface area contributed by atoms with Gasteiger partial charge in [0.2, 0.25) is 0 Å². The molecule has 1 aliphatic rings. The maximum atomic E-state index is 6.27. The highest BCUT2D eigenvalue weighted by molar-refractivity contribution is 6.42. The van der Waals surface area contributed by atoms with Crippen molar-refractivity contribution in [3.8, 4) is 0 Å². The largest absolute Gasteiger partial charge is 0.346 e. The van der Waals surface area contributed by atoms with Gasteiger partial charge in [0.1, 0.15) is 10.8 Å². The summed E-state index contributed by atoms with van der Waals surface area (Å²) in [6.07, 6.45) is 4.41. The van der Waals surface area contributed by atoms with Crippen molar-refractivity contribution in [3.05, 3.63) is 28.0 Å². The first-order valence-corrected chi connectivity index (χ1v) is 6.54. The third-order valence-electron chi connectivity index (χ3n) is 3.29. The Morgan fingerprint density at radius 3 is 2.82 bits per heavy atom. The average molecular weight is 270 g/mol. The average Bonchev–Trinajstić information content (AvgIpc) is 2.94. The Hall–Kier alpha value is -0.770. The minimum Gasteiger partial charge on any atom is -0.346 e. The zero-order chi connectivity index (χ0) is 11.8. The van der Waals surface area contributed by atoms with Gasteiger partial charge in [-0.2, -0.15) is 0 Å². The van der Waals surface area contributed by atoms with Gasteiger partial charge < -0.3 is 4.98 Å². The van der Waals surface area contributed by atoms with Crippen LogP contribution in [0.25, 0.3) is 11.0 Å². The first-order valence-electron chi connectivity index (χ1n) is 5.79. The number of H-pyrrole nitrogens is 1. The number of aromatic amines is 1. The summed E-state index contributed by atoms with van der Waals surface area (Å²) in [7, 11) is 0. The number of rotatable bonds is 2. The molecule has 0 spiro atoms. The Morgan fingerprint density at radius 2 is 2.06 bits per heavy atom. The van der Waals surface area contributed by atoms with Crippen LogP contribution in [0.5, 0.6) is 0 Å². The van der Waals surface area contributed by atoms with E-state index in [0.717, 1.165) is 36.2 Å². The molecule has 3 heterocycles. The molecule has 1 saturated heterocycles. The molecule has 0 bridgehead atoms. The molecule has 0 aliphatic carbocycles. The van der Waals surface area contributed by atoms with Crippen LogP contribution in [0.1, 0.15) is 18.4 Å². The van der Waals surface area contributed by atoms with Gasteiger partial charge in [-0.1, -0.05) is 23.2 Å². The maximum Gasteiger partial charge on any atom is 0.150 e. The second kappa shape index (κ2) is 4.48. The highest BCUT2D eigenvalue weighted by Crippen LogP contribution is 2.31. The van der Waals surface area contributed by atoms with Crippen LogP contribution in [0.15, 0.2) is 12.3 Å². The third-order valence-corrected chi connectivity index (χ3v) is 4.06. The van der Waals surface area contributed by atoms with Crippen molar-refractivity contribution in [1.82, 2.24) is 14.9 Å². The fourth-order valence-electron chi connectivity index (χ4n) is 2.41. The SMILES string of the molecule is Clc1nc2[nH]ccc2c(CN2CCCC2)c1Cl. The molecular formula is C12H13Cl2N3. The molecule has 0 amide bonds. The Balaban J connectivity index is 2.05. The van der Waals surface area contributed by atoms with Gasteiger partial charge >= 0.3 is 0 Å². The highest BCUT2D eigenvalue weighted by atomic mass is 35.5. The standard InChI is InChI=1S/C12H13Cl2N3/c13-10-9(7-17-5-1-2-6-17)8-3-4-15-12(8)16-11(10)14/h3-4H,1-2,5-7H2,(H,15,16). The molecule has 1 aliphatic heterocycles. The van der Waals surface area contributed by atoms with Crippen molar-refractivity contribution in [2.45, 2.75) is 19.4 Å². The van der Waals surface area contributed by atoms with Crippen molar-refractivity contribution in [3.63, 3.8) is 0 Å². The van der Waals surface area contributed by atoms with Crippen LogP contribution in [-0.4, -0.2) is 28.0 Å². The molecule has 0 atom stereocenters. The highest BCUT2D eigenvalue weighted by Gasteiger charge is 2.18. The Bertz CT molecular complexity index is 544. The van der Waals surface area contributed by atoms with Crippen molar-refractivity contribution >= 4 is 34.2 Å². The Kier molecular flexibility index (Phi) is 2.99. The van der Waals surface area contributed by atoms with Crippen LogP contribution in [0.4, 0.5) is 0 Å². The van der Waals surface area contributed by atoms with Gasteiger partial charge in [0, 0.05) is 18.1 Å². The molecule has 0 saturated carbocycles. The molecule has 0 unspecified atom stereocenters. The Labute approximate surface area is 110 Å². The van der Waals surface area contributed by atoms with E-state index in [1.807, 2.05) is 12.3 Å². The third kappa shape index (κ3) is 2.03. The number of nitrogens with zero attached hydrogens (tertiary/aromatic N) is 2. The normalized spacial score (nSPS) is 17.1. The summed E-state index contributed by atoms with van der Waals surface area (Å²) in [6.45, 7) is 3.14. The van der Waals surface area contributed by atoms with E-state index in [0.29, 0.717) is 10.2 Å². The number of aromatic nitrogens is 2. The molecule has 0 aromatic carbocycles. The van der Waals surface area contributed by atoms with Crippen LogP contribution in [-0.2, 0) is 6.54 Å². The van der Waals surface area contributed by atoms with Crippen LogP contribution in [0.3, 0.4) is 0 Å². The van der Waals surface area contributed by atoms with E-state index >= 15 is 0 Å². The first kappa shape index (κ1) is 11.3. The topological polar surface area (TPSA) is 31.9 Å². The van der Waals surface area contributed by atoms with Gasteiger partial charge in [0.25, 0.3) is 0 Å². The van der Waals surface area contributed by atoms with Crippen LogP contribution >= 0.6 is 23.2 Å². The summed E-state index contributed by atoms with van der Waals surface area (Å²) in [5.74, 6) is 0. The number of hydrogen-bond acceptors (Lipinski definition) is 2. The maximum absolute atomic E-state index is 6.27. The van der Waals surface area contributed by atoms with Crippen LogP contribution in [0, 0.1) is 0 Å². The number of likely N-dealkylation sites (tertiary alicyclic amines) is 1. The van der Waals surface area contributed by atoms with Gasteiger partial charge in [-0.25, -0.2) is 4.98 Å². The summed E-state index contributed by atoms with van der Waals surface area (Å²) in [6, 6.07) is 2.01. The predicted molar refractivity (Wildman–Crippen MR) is 70.6 cm³/mol. The minimum atomic E-state index is 0.385. The fourth-order valence-corrected chi connectivity index (χ4v) is 2.81. The lowest BCUT2D eigenvalue weighted by Gasteiger charge is -2.16. The molecule has 3 rings (SSSR count). The van der Waals surface area contributed by atoms with Gasteiger partial charge in [-0.3, -0.25) is 4.90 Å². The molecule has 1 N–H and O–H groups in total. The number of hydrogen-bond donors (Lipinski definition) is 1. The number of nitrogens with one attached hydrogen (secondary N) is 1. The summed E-state index contributed by atoms with van der Waals surface area (Å²) in [4.78, 5) is 9.72. The molecule has 90 valence electrons. The van der Waals surface area contributed by atoms with E-state index in [1.165, 1.54) is 12.8 Å². The van der Waals surface area contributed by atoms with Gasteiger partial charge in [0.05, 0.1) is 5.02 Å². The number of fused-ring (bicyclic) bond motifs is 1. The smallest absolute Gasteiger partial charge is 0.150 e. The van der Waals surface area contributed by atoms with Gasteiger partial charge in [-0.15, -0.1) is 0 Å². The van der Waals surface area contributed by atoms with Crippen molar-refractivity contribution < 1.29 is 0 Å². The summed E-state index contributed by atoms with van der Waals surface area (Å²) in [5.41, 5.74) is 1.90. The second-order valence-corrected chi connectivity index (χ2v) is 5.15. The minimum absolute atomic E-state index is 0.385. The zero-order valence-corrected chi connectivity index (χ0v) is 10.9.